The maximum Gasteiger partial charge on any atom is 0.239 e. The van der Waals surface area contributed by atoms with Crippen molar-refractivity contribution in [1.29, 1.82) is 0 Å². The number of amides is 1. The van der Waals surface area contributed by atoms with Crippen molar-refractivity contribution in [3.8, 4) is 0 Å². The topological polar surface area (TPSA) is 46.3 Å². The van der Waals surface area contributed by atoms with Gasteiger partial charge in [-0.1, -0.05) is 53.4 Å². The number of hydrogen-bond donors (Lipinski definition) is 1. The van der Waals surface area contributed by atoms with Crippen LogP contribution in [0.2, 0.25) is 0 Å². The quantitative estimate of drug-likeness (QED) is 0.583. The smallest absolute Gasteiger partial charge is 0.239 e. The highest BCUT2D eigenvalue weighted by Gasteiger charge is 2.21. The van der Waals surface area contributed by atoms with Gasteiger partial charge >= 0.3 is 0 Å². The zero-order valence-corrected chi connectivity index (χ0v) is 13.5. The molecule has 3 heteroatoms. The van der Waals surface area contributed by atoms with Gasteiger partial charge in [0.05, 0.1) is 6.04 Å². The Morgan fingerprint density at radius 2 is 1.47 bits per heavy atom. The monoisotopic (exact) mass is 270 g/mol. The molecule has 3 nitrogen and oxygen atoms in total. The summed E-state index contributed by atoms with van der Waals surface area (Å²) < 4.78 is 0. The minimum Gasteiger partial charge on any atom is -0.341 e. The zero-order valence-electron chi connectivity index (χ0n) is 13.5. The number of carbonyl (C=O) groups is 1. The van der Waals surface area contributed by atoms with Gasteiger partial charge in [-0.2, -0.15) is 0 Å². The van der Waals surface area contributed by atoms with Gasteiger partial charge in [0.1, 0.15) is 0 Å². The molecule has 1 atom stereocenters. The van der Waals surface area contributed by atoms with Gasteiger partial charge in [-0.05, 0) is 25.2 Å². The Hall–Kier alpha value is -0.570. The van der Waals surface area contributed by atoms with Gasteiger partial charge in [0.15, 0.2) is 0 Å². The molecule has 1 unspecified atom stereocenters. The second-order valence-corrected chi connectivity index (χ2v) is 5.98. The minimum atomic E-state index is -0.316. The van der Waals surface area contributed by atoms with E-state index in [1.807, 2.05) is 4.90 Å². The molecule has 19 heavy (non-hydrogen) atoms. The molecule has 0 saturated carbocycles. The molecule has 1 amide bonds. The molecule has 0 rings (SSSR count). The van der Waals surface area contributed by atoms with Gasteiger partial charge < -0.3 is 10.6 Å². The number of hydrogen-bond acceptors (Lipinski definition) is 2. The van der Waals surface area contributed by atoms with Crippen molar-refractivity contribution < 1.29 is 4.79 Å². The second kappa shape index (κ2) is 11.3. The molecule has 114 valence electrons. The summed E-state index contributed by atoms with van der Waals surface area (Å²) in [4.78, 5) is 14.4. The van der Waals surface area contributed by atoms with Crippen LogP contribution in [0, 0.1) is 5.92 Å². The highest BCUT2D eigenvalue weighted by atomic mass is 16.2. The van der Waals surface area contributed by atoms with Crippen LogP contribution in [0.4, 0.5) is 0 Å². The van der Waals surface area contributed by atoms with E-state index in [2.05, 4.69) is 27.7 Å². The van der Waals surface area contributed by atoms with Gasteiger partial charge in [-0.15, -0.1) is 0 Å². The molecule has 0 aliphatic heterocycles. The van der Waals surface area contributed by atoms with E-state index in [9.17, 15) is 4.79 Å². The Morgan fingerprint density at radius 3 is 1.84 bits per heavy atom. The van der Waals surface area contributed by atoms with Crippen LogP contribution in [-0.2, 0) is 4.79 Å². The lowest BCUT2D eigenvalue weighted by Crippen LogP contribution is -2.45. The number of carbonyl (C=O) groups excluding carboxylic acids is 1. The van der Waals surface area contributed by atoms with Crippen molar-refractivity contribution in [1.82, 2.24) is 4.90 Å². The zero-order chi connectivity index (χ0) is 14.7. The summed E-state index contributed by atoms with van der Waals surface area (Å²) in [7, 11) is 0. The van der Waals surface area contributed by atoms with Gasteiger partial charge in [0, 0.05) is 13.1 Å². The molecule has 0 aromatic heterocycles. The number of nitrogens with zero attached hydrogens (tertiary/aromatic N) is 1. The normalized spacial score (nSPS) is 12.7. The minimum absolute atomic E-state index is 0.154. The second-order valence-electron chi connectivity index (χ2n) is 5.98. The van der Waals surface area contributed by atoms with Crippen LogP contribution < -0.4 is 5.73 Å². The molecule has 2 N–H and O–H groups in total. The Morgan fingerprint density at radius 1 is 1.00 bits per heavy atom. The van der Waals surface area contributed by atoms with E-state index in [1.54, 1.807) is 0 Å². The number of unbranched alkanes of at least 4 members (excludes halogenated alkanes) is 4. The summed E-state index contributed by atoms with van der Waals surface area (Å²) in [6, 6.07) is -0.316. The highest BCUT2D eigenvalue weighted by molar-refractivity contribution is 5.81. The molecule has 0 saturated heterocycles. The van der Waals surface area contributed by atoms with Gasteiger partial charge in [0.2, 0.25) is 5.91 Å². The summed E-state index contributed by atoms with van der Waals surface area (Å²) in [5.41, 5.74) is 6.04. The van der Waals surface area contributed by atoms with Crippen molar-refractivity contribution in [2.75, 3.05) is 13.1 Å². The third-order valence-corrected chi connectivity index (χ3v) is 3.42. The van der Waals surface area contributed by atoms with Gasteiger partial charge in [-0.25, -0.2) is 0 Å². The van der Waals surface area contributed by atoms with Crippen LogP contribution in [0.15, 0.2) is 0 Å². The van der Waals surface area contributed by atoms with Crippen LogP contribution >= 0.6 is 0 Å². The number of nitrogens with two attached hydrogens (primary N) is 1. The predicted molar refractivity (Wildman–Crippen MR) is 83.1 cm³/mol. The van der Waals surface area contributed by atoms with Crippen LogP contribution in [-0.4, -0.2) is 29.9 Å². The van der Waals surface area contributed by atoms with Gasteiger partial charge in [-0.3, -0.25) is 4.79 Å². The first-order valence-corrected chi connectivity index (χ1v) is 8.07. The lowest BCUT2D eigenvalue weighted by molar-refractivity contribution is -0.133. The Kier molecular flexibility index (Phi) is 10.9. The highest BCUT2D eigenvalue weighted by Crippen LogP contribution is 2.09. The molecule has 0 aromatic carbocycles. The third-order valence-electron chi connectivity index (χ3n) is 3.42. The van der Waals surface area contributed by atoms with E-state index < -0.39 is 0 Å². The fourth-order valence-electron chi connectivity index (χ4n) is 2.28. The fourth-order valence-corrected chi connectivity index (χ4v) is 2.28. The van der Waals surface area contributed by atoms with Crippen LogP contribution in [0.1, 0.15) is 72.6 Å². The molecule has 0 bridgehead atoms. The van der Waals surface area contributed by atoms with Crippen molar-refractivity contribution >= 4 is 5.91 Å². The Balaban J connectivity index is 4.29. The fraction of sp³-hybridized carbons (Fsp3) is 0.938. The predicted octanol–water partition coefficient (Wildman–Crippen LogP) is 3.57. The van der Waals surface area contributed by atoms with E-state index in [0.717, 1.165) is 32.4 Å². The maximum absolute atomic E-state index is 12.4. The summed E-state index contributed by atoms with van der Waals surface area (Å²) in [5, 5.41) is 0. The van der Waals surface area contributed by atoms with E-state index in [1.165, 1.54) is 25.7 Å². The van der Waals surface area contributed by atoms with E-state index in [4.69, 9.17) is 5.73 Å². The van der Waals surface area contributed by atoms with Gasteiger partial charge in [0.25, 0.3) is 0 Å². The molecule has 0 aliphatic rings. The van der Waals surface area contributed by atoms with E-state index in [0.29, 0.717) is 5.92 Å². The summed E-state index contributed by atoms with van der Waals surface area (Å²) in [6.45, 7) is 10.4. The van der Waals surface area contributed by atoms with Crippen molar-refractivity contribution in [3.63, 3.8) is 0 Å². The average Bonchev–Trinajstić information content (AvgIpc) is 2.35. The third kappa shape index (κ3) is 9.04. The van der Waals surface area contributed by atoms with E-state index in [-0.39, 0.29) is 11.9 Å². The molecule has 0 heterocycles. The lowest BCUT2D eigenvalue weighted by Gasteiger charge is -2.26. The standard InChI is InChI=1S/C16H34N2O/c1-5-7-9-11-18(12-10-8-6-2)16(19)15(17)13-14(3)4/h14-15H,5-13,17H2,1-4H3. The average molecular weight is 270 g/mol. The van der Waals surface area contributed by atoms with E-state index >= 15 is 0 Å². The molecule has 0 aromatic rings. The van der Waals surface area contributed by atoms with Crippen molar-refractivity contribution in [2.45, 2.75) is 78.7 Å². The Labute approximate surface area is 119 Å². The molecule has 0 aliphatic carbocycles. The van der Waals surface area contributed by atoms with Crippen molar-refractivity contribution in [2.24, 2.45) is 11.7 Å². The maximum atomic E-state index is 12.4. The molecule has 0 radical (unpaired) electrons. The first kappa shape index (κ1) is 18.4. The van der Waals surface area contributed by atoms with Crippen molar-refractivity contribution in [3.05, 3.63) is 0 Å². The molecule has 0 fully saturated rings. The first-order chi connectivity index (χ1) is 9.02. The van der Waals surface area contributed by atoms with Crippen LogP contribution in [0.3, 0.4) is 0 Å². The summed E-state index contributed by atoms with van der Waals surface area (Å²) in [5.74, 6) is 0.632. The largest absolute Gasteiger partial charge is 0.341 e. The van der Waals surface area contributed by atoms with Crippen LogP contribution in [0.5, 0.6) is 0 Å². The molecular formula is C16H34N2O. The summed E-state index contributed by atoms with van der Waals surface area (Å²) in [6.07, 6.45) is 7.75. The van der Waals surface area contributed by atoms with Crippen LogP contribution in [0.25, 0.3) is 0 Å². The number of rotatable bonds is 11. The lowest BCUT2D eigenvalue weighted by atomic mass is 10.0. The SMILES string of the molecule is CCCCCN(CCCCC)C(=O)C(N)CC(C)C. The summed E-state index contributed by atoms with van der Waals surface area (Å²) >= 11 is 0. The molecular weight excluding hydrogens is 236 g/mol. The molecule has 0 spiro atoms. The first-order valence-electron chi connectivity index (χ1n) is 8.07. The Bertz CT molecular complexity index is 219.